The summed E-state index contributed by atoms with van der Waals surface area (Å²) in [6, 6.07) is 4.56. The van der Waals surface area contributed by atoms with E-state index in [9.17, 15) is 0 Å². The topological polar surface area (TPSA) is 38.5 Å². The van der Waals surface area contributed by atoms with Crippen LogP contribution in [-0.2, 0) is 4.74 Å². The third-order valence-corrected chi connectivity index (χ3v) is 4.91. The minimum Gasteiger partial charge on any atom is -0.370 e. The maximum atomic E-state index is 5.99. The first-order valence-corrected chi connectivity index (χ1v) is 7.89. The molecule has 1 aliphatic heterocycles. The summed E-state index contributed by atoms with van der Waals surface area (Å²) in [5.41, 5.74) is 5.89. The van der Waals surface area contributed by atoms with Gasteiger partial charge in [0.1, 0.15) is 0 Å². The molecule has 1 aromatic heterocycles. The van der Waals surface area contributed by atoms with Crippen molar-refractivity contribution < 1.29 is 4.74 Å². The van der Waals surface area contributed by atoms with Gasteiger partial charge in [-0.05, 0) is 48.8 Å². The van der Waals surface area contributed by atoms with E-state index >= 15 is 0 Å². The first-order chi connectivity index (χ1) is 8.41. The van der Waals surface area contributed by atoms with Crippen LogP contribution in [-0.4, -0.2) is 36.2 Å². The number of nitrogens with zero attached hydrogens (tertiary/aromatic N) is 1. The van der Waals surface area contributed by atoms with Gasteiger partial charge in [-0.15, -0.1) is 11.3 Å². The summed E-state index contributed by atoms with van der Waals surface area (Å²) in [6.45, 7) is 8.94. The Labute approximate surface area is 121 Å². The molecule has 3 nitrogen and oxygen atoms in total. The molecule has 1 aromatic rings. The van der Waals surface area contributed by atoms with E-state index in [1.807, 2.05) is 0 Å². The summed E-state index contributed by atoms with van der Waals surface area (Å²) < 4.78 is 7.11. The zero-order valence-corrected chi connectivity index (χ0v) is 13.6. The minimum atomic E-state index is -0.0976. The molecule has 0 aromatic carbocycles. The van der Waals surface area contributed by atoms with Gasteiger partial charge in [-0.25, -0.2) is 0 Å². The highest BCUT2D eigenvalue weighted by molar-refractivity contribution is 9.11. The molecule has 0 amide bonds. The van der Waals surface area contributed by atoms with Gasteiger partial charge in [0.25, 0.3) is 0 Å². The maximum Gasteiger partial charge on any atom is 0.0757 e. The standard InChI is InChI=1S/C13H21BrN2OS/c1-9-7-16(8-13(2,3)17-9)10(6-15)11-4-5-12(14)18-11/h4-5,9-10H,6-8,15H2,1-3H3. The zero-order chi connectivity index (χ0) is 13.3. The fourth-order valence-electron chi connectivity index (χ4n) is 2.69. The molecule has 0 spiro atoms. The third-order valence-electron chi connectivity index (χ3n) is 3.18. The van der Waals surface area contributed by atoms with Gasteiger partial charge in [-0.3, -0.25) is 4.90 Å². The van der Waals surface area contributed by atoms with Crippen molar-refractivity contribution in [2.45, 2.75) is 38.5 Å². The molecule has 18 heavy (non-hydrogen) atoms. The van der Waals surface area contributed by atoms with Crippen molar-refractivity contribution in [2.24, 2.45) is 5.73 Å². The molecular weight excluding hydrogens is 312 g/mol. The normalized spacial score (nSPS) is 26.2. The zero-order valence-electron chi connectivity index (χ0n) is 11.1. The van der Waals surface area contributed by atoms with Crippen LogP contribution in [0.4, 0.5) is 0 Å². The van der Waals surface area contributed by atoms with E-state index < -0.39 is 0 Å². The summed E-state index contributed by atoms with van der Waals surface area (Å²) >= 11 is 5.29. The molecule has 1 aliphatic rings. The van der Waals surface area contributed by atoms with Crippen molar-refractivity contribution in [1.82, 2.24) is 4.90 Å². The van der Waals surface area contributed by atoms with E-state index in [1.165, 1.54) is 4.88 Å². The Kier molecular flexibility index (Phi) is 4.49. The molecule has 0 aliphatic carbocycles. The second-order valence-corrected chi connectivity index (χ2v) is 8.01. The number of hydrogen-bond acceptors (Lipinski definition) is 4. The highest BCUT2D eigenvalue weighted by atomic mass is 79.9. The second-order valence-electron chi connectivity index (χ2n) is 5.51. The Morgan fingerprint density at radius 2 is 2.33 bits per heavy atom. The molecule has 2 N–H and O–H groups in total. The first kappa shape index (κ1) is 14.5. The molecule has 2 atom stereocenters. The van der Waals surface area contributed by atoms with Gasteiger partial charge in [0.15, 0.2) is 0 Å². The summed E-state index contributed by atoms with van der Waals surface area (Å²) in [7, 11) is 0. The predicted octanol–water partition coefficient (Wildman–Crippen LogP) is 3.01. The van der Waals surface area contributed by atoms with E-state index in [0.29, 0.717) is 12.6 Å². The number of nitrogens with two attached hydrogens (primary N) is 1. The first-order valence-electron chi connectivity index (χ1n) is 6.28. The molecule has 2 rings (SSSR count). The lowest BCUT2D eigenvalue weighted by Gasteiger charge is -2.44. The Morgan fingerprint density at radius 3 is 2.83 bits per heavy atom. The summed E-state index contributed by atoms with van der Waals surface area (Å²) in [5, 5.41) is 0. The van der Waals surface area contributed by atoms with E-state index in [-0.39, 0.29) is 11.7 Å². The summed E-state index contributed by atoms with van der Waals surface area (Å²) in [4.78, 5) is 3.78. The lowest BCUT2D eigenvalue weighted by atomic mass is 10.0. The van der Waals surface area contributed by atoms with Gasteiger partial charge in [0, 0.05) is 24.5 Å². The van der Waals surface area contributed by atoms with Crippen molar-refractivity contribution in [1.29, 1.82) is 0 Å². The third kappa shape index (κ3) is 3.33. The van der Waals surface area contributed by atoms with Gasteiger partial charge in [-0.2, -0.15) is 0 Å². The van der Waals surface area contributed by atoms with Crippen LogP contribution in [0.25, 0.3) is 0 Å². The van der Waals surface area contributed by atoms with Crippen molar-refractivity contribution in [3.05, 3.63) is 20.8 Å². The molecule has 1 saturated heterocycles. The quantitative estimate of drug-likeness (QED) is 0.924. The number of hydrogen-bond donors (Lipinski definition) is 1. The fraction of sp³-hybridized carbons (Fsp3) is 0.692. The molecule has 1 fully saturated rings. The van der Waals surface area contributed by atoms with Gasteiger partial charge in [-0.1, -0.05) is 0 Å². The molecule has 102 valence electrons. The van der Waals surface area contributed by atoms with Crippen LogP contribution in [0.15, 0.2) is 15.9 Å². The summed E-state index contributed by atoms with van der Waals surface area (Å²) in [5.74, 6) is 0. The average Bonchev–Trinajstić information content (AvgIpc) is 2.63. The van der Waals surface area contributed by atoms with Crippen LogP contribution in [0.5, 0.6) is 0 Å². The fourth-order valence-corrected chi connectivity index (χ4v) is 4.26. The van der Waals surface area contributed by atoms with Gasteiger partial charge in [0.2, 0.25) is 0 Å². The summed E-state index contributed by atoms with van der Waals surface area (Å²) in [6.07, 6.45) is 0.256. The minimum absolute atomic E-state index is 0.0976. The van der Waals surface area contributed by atoms with Crippen molar-refractivity contribution in [2.75, 3.05) is 19.6 Å². The second kappa shape index (κ2) is 5.59. The van der Waals surface area contributed by atoms with E-state index in [0.717, 1.165) is 16.9 Å². The molecule has 2 heterocycles. The Bertz CT molecular complexity index is 407. The van der Waals surface area contributed by atoms with Crippen LogP contribution >= 0.6 is 27.3 Å². The van der Waals surface area contributed by atoms with Crippen molar-refractivity contribution in [3.63, 3.8) is 0 Å². The molecule has 2 unspecified atom stereocenters. The van der Waals surface area contributed by atoms with E-state index in [4.69, 9.17) is 10.5 Å². The van der Waals surface area contributed by atoms with E-state index in [1.54, 1.807) is 11.3 Å². The van der Waals surface area contributed by atoms with Crippen LogP contribution in [0, 0.1) is 0 Å². The smallest absolute Gasteiger partial charge is 0.0757 e. The number of halogens is 1. The molecule has 0 saturated carbocycles. The monoisotopic (exact) mass is 332 g/mol. The largest absolute Gasteiger partial charge is 0.370 e. The number of thiophene rings is 1. The SMILES string of the molecule is CC1CN(C(CN)c2ccc(Br)s2)CC(C)(C)O1. The lowest BCUT2D eigenvalue weighted by molar-refractivity contribution is -0.137. The van der Waals surface area contributed by atoms with Crippen LogP contribution in [0.1, 0.15) is 31.7 Å². The molecular formula is C13H21BrN2OS. The predicted molar refractivity (Wildman–Crippen MR) is 80.0 cm³/mol. The Hall–Kier alpha value is 0.0600. The highest BCUT2D eigenvalue weighted by Crippen LogP contribution is 2.33. The molecule has 0 radical (unpaired) electrons. The lowest BCUT2D eigenvalue weighted by Crippen LogP contribution is -2.53. The van der Waals surface area contributed by atoms with E-state index in [2.05, 4.69) is 53.7 Å². The number of morpholine rings is 1. The highest BCUT2D eigenvalue weighted by Gasteiger charge is 2.35. The van der Waals surface area contributed by atoms with Crippen molar-refractivity contribution >= 4 is 27.3 Å². The molecule has 5 heteroatoms. The van der Waals surface area contributed by atoms with Gasteiger partial charge < -0.3 is 10.5 Å². The van der Waals surface area contributed by atoms with Gasteiger partial charge in [0.05, 0.1) is 21.5 Å². The van der Waals surface area contributed by atoms with Crippen molar-refractivity contribution in [3.8, 4) is 0 Å². The van der Waals surface area contributed by atoms with Crippen LogP contribution in [0.2, 0.25) is 0 Å². The average molecular weight is 333 g/mol. The Balaban J connectivity index is 2.17. The van der Waals surface area contributed by atoms with Crippen LogP contribution < -0.4 is 5.73 Å². The molecule has 0 bridgehead atoms. The number of rotatable bonds is 3. The number of ether oxygens (including phenoxy) is 1. The van der Waals surface area contributed by atoms with Crippen LogP contribution in [0.3, 0.4) is 0 Å². The Morgan fingerprint density at radius 1 is 1.61 bits per heavy atom. The van der Waals surface area contributed by atoms with Gasteiger partial charge >= 0.3 is 0 Å². The maximum absolute atomic E-state index is 5.99.